The number of aryl methyl sites for hydroxylation is 1. The molecule has 11 nitrogen and oxygen atoms in total. The van der Waals surface area contributed by atoms with Gasteiger partial charge in [0.05, 0.1) is 10.4 Å². The van der Waals surface area contributed by atoms with Crippen LogP contribution in [-0.2, 0) is 10.0 Å². The van der Waals surface area contributed by atoms with E-state index in [0.717, 1.165) is 5.82 Å². The molecule has 0 fully saturated rings. The second kappa shape index (κ2) is 7.91. The van der Waals surface area contributed by atoms with Crippen LogP contribution in [0.3, 0.4) is 0 Å². The summed E-state index contributed by atoms with van der Waals surface area (Å²) >= 11 is 0. The van der Waals surface area contributed by atoms with Gasteiger partial charge in [0.1, 0.15) is 23.8 Å². The van der Waals surface area contributed by atoms with Crippen molar-refractivity contribution in [2.45, 2.75) is 11.8 Å². The number of imidazole rings is 1. The largest absolute Gasteiger partial charge is 0.417 e. The molecule has 3 aromatic heterocycles. The Bertz CT molecular complexity index is 1620. The van der Waals surface area contributed by atoms with Gasteiger partial charge in [0.15, 0.2) is 5.58 Å². The number of nitrogens with zero attached hydrogens (tertiary/aromatic N) is 4. The number of aromatic amines is 1. The summed E-state index contributed by atoms with van der Waals surface area (Å²) in [6.07, 6.45) is 4.95. The third-order valence-electron chi connectivity index (χ3n) is 4.84. The lowest BCUT2D eigenvalue weighted by atomic mass is 10.3. The van der Waals surface area contributed by atoms with E-state index in [1.807, 2.05) is 17.7 Å². The Kier molecular flexibility index (Phi) is 4.90. The third-order valence-corrected chi connectivity index (χ3v) is 6.21. The second-order valence-electron chi connectivity index (χ2n) is 7.09. The highest BCUT2D eigenvalue weighted by Crippen LogP contribution is 2.22. The van der Waals surface area contributed by atoms with Crippen molar-refractivity contribution in [2.24, 2.45) is 0 Å². The summed E-state index contributed by atoms with van der Waals surface area (Å²) in [5.74, 6) is 1.40. The molecule has 166 valence electrons. The molecule has 0 aliphatic heterocycles. The molecule has 0 saturated heterocycles. The molecule has 0 unspecified atom stereocenters. The van der Waals surface area contributed by atoms with Gasteiger partial charge in [-0.3, -0.25) is 14.3 Å². The minimum atomic E-state index is -3.87. The smallest absolute Gasteiger partial charge is 0.408 e. The normalized spacial score (nSPS) is 11.5. The van der Waals surface area contributed by atoms with Crippen LogP contribution in [-0.4, -0.2) is 32.9 Å². The van der Waals surface area contributed by atoms with Crippen molar-refractivity contribution in [1.82, 2.24) is 24.5 Å². The summed E-state index contributed by atoms with van der Waals surface area (Å²) in [6.45, 7) is 1.88. The van der Waals surface area contributed by atoms with Gasteiger partial charge in [0, 0.05) is 29.8 Å². The van der Waals surface area contributed by atoms with Crippen LogP contribution in [0.2, 0.25) is 0 Å². The summed E-state index contributed by atoms with van der Waals surface area (Å²) < 4.78 is 34.7. The number of aromatic nitrogens is 5. The maximum absolute atomic E-state index is 12.7. The molecule has 5 aromatic rings. The number of oxazole rings is 1. The predicted molar refractivity (Wildman–Crippen MR) is 121 cm³/mol. The molecule has 3 N–H and O–H groups in total. The summed E-state index contributed by atoms with van der Waals surface area (Å²) in [5.41, 5.74) is 1.67. The molecule has 5 rings (SSSR count). The van der Waals surface area contributed by atoms with Gasteiger partial charge < -0.3 is 9.73 Å². The van der Waals surface area contributed by atoms with Crippen molar-refractivity contribution in [1.29, 1.82) is 0 Å². The molecular weight excluding hydrogens is 446 g/mol. The summed E-state index contributed by atoms with van der Waals surface area (Å²) in [4.78, 5) is 26.4. The SMILES string of the molecule is Cc1nccn1-c1cc(Nc2ccc(NS(=O)(=O)c3ccc4oc(=O)[nH]c4c3)cc2)ncn1. The number of sulfonamides is 1. The zero-order valence-corrected chi connectivity index (χ0v) is 18.0. The lowest BCUT2D eigenvalue weighted by Gasteiger charge is -2.11. The minimum absolute atomic E-state index is 0.00226. The highest BCUT2D eigenvalue weighted by Gasteiger charge is 2.16. The standard InChI is InChI=1S/C21H17N7O4S/c1-13-22-8-9-28(13)20-11-19(23-12-24-20)25-14-2-4-15(5-3-14)27-33(30,31)16-6-7-18-17(10-16)26-21(29)32-18/h2-12,27H,1H3,(H,26,29)(H,23,24,25). The van der Waals surface area contributed by atoms with E-state index in [4.69, 9.17) is 4.42 Å². The van der Waals surface area contributed by atoms with Gasteiger partial charge in [0.25, 0.3) is 10.0 Å². The molecule has 12 heteroatoms. The molecule has 33 heavy (non-hydrogen) atoms. The lowest BCUT2D eigenvalue weighted by molar-refractivity contribution is 0.555. The van der Waals surface area contributed by atoms with E-state index in [9.17, 15) is 13.2 Å². The first-order chi connectivity index (χ1) is 15.9. The number of hydrogen-bond donors (Lipinski definition) is 3. The van der Waals surface area contributed by atoms with Crippen molar-refractivity contribution in [2.75, 3.05) is 10.0 Å². The van der Waals surface area contributed by atoms with Crippen molar-refractivity contribution < 1.29 is 12.8 Å². The van der Waals surface area contributed by atoms with Gasteiger partial charge in [0.2, 0.25) is 0 Å². The number of rotatable bonds is 6. The summed E-state index contributed by atoms with van der Waals surface area (Å²) in [5, 5.41) is 3.16. The Morgan fingerprint density at radius 1 is 1.00 bits per heavy atom. The maximum Gasteiger partial charge on any atom is 0.417 e. The van der Waals surface area contributed by atoms with E-state index < -0.39 is 15.8 Å². The Morgan fingerprint density at radius 2 is 1.79 bits per heavy atom. The van der Waals surface area contributed by atoms with E-state index >= 15 is 0 Å². The first-order valence-electron chi connectivity index (χ1n) is 9.72. The zero-order chi connectivity index (χ0) is 23.0. The summed E-state index contributed by atoms with van der Waals surface area (Å²) in [7, 11) is -3.87. The first-order valence-corrected chi connectivity index (χ1v) is 11.2. The van der Waals surface area contributed by atoms with Gasteiger partial charge in [-0.25, -0.2) is 28.2 Å². The molecule has 3 heterocycles. The average molecular weight is 463 g/mol. The van der Waals surface area contributed by atoms with Gasteiger partial charge in [-0.2, -0.15) is 0 Å². The number of nitrogens with one attached hydrogen (secondary N) is 3. The van der Waals surface area contributed by atoms with E-state index in [1.165, 1.54) is 24.5 Å². The summed E-state index contributed by atoms with van der Waals surface area (Å²) in [6, 6.07) is 12.6. The number of H-pyrrole nitrogens is 1. The molecule has 0 spiro atoms. The van der Waals surface area contributed by atoms with Crippen LogP contribution < -0.4 is 15.8 Å². The molecule has 0 bridgehead atoms. The Labute approximate surface area is 187 Å². The second-order valence-corrected chi connectivity index (χ2v) is 8.77. The monoisotopic (exact) mass is 463 g/mol. The fourth-order valence-electron chi connectivity index (χ4n) is 3.25. The van der Waals surface area contributed by atoms with Crippen LogP contribution in [0.25, 0.3) is 16.9 Å². The number of anilines is 3. The minimum Gasteiger partial charge on any atom is -0.408 e. The molecular formula is C21H17N7O4S. The van der Waals surface area contributed by atoms with Crippen LogP contribution >= 0.6 is 0 Å². The molecule has 0 aliphatic carbocycles. The van der Waals surface area contributed by atoms with E-state index in [-0.39, 0.29) is 10.5 Å². The van der Waals surface area contributed by atoms with Gasteiger partial charge in [-0.05, 0) is 49.4 Å². The van der Waals surface area contributed by atoms with E-state index in [0.29, 0.717) is 28.5 Å². The topological polar surface area (TPSA) is 148 Å². The van der Waals surface area contributed by atoms with E-state index in [1.54, 1.807) is 36.5 Å². The molecule has 0 atom stereocenters. The van der Waals surface area contributed by atoms with Crippen molar-refractivity contribution >= 4 is 38.3 Å². The Balaban J connectivity index is 1.32. The van der Waals surface area contributed by atoms with Crippen LogP contribution in [0.1, 0.15) is 5.82 Å². The molecule has 2 aromatic carbocycles. The number of hydrogen-bond acceptors (Lipinski definition) is 8. The van der Waals surface area contributed by atoms with Crippen molar-refractivity contribution in [3.63, 3.8) is 0 Å². The zero-order valence-electron chi connectivity index (χ0n) is 17.2. The molecule has 0 amide bonds. The Morgan fingerprint density at radius 3 is 2.55 bits per heavy atom. The van der Waals surface area contributed by atoms with Gasteiger partial charge >= 0.3 is 5.76 Å². The van der Waals surface area contributed by atoms with Crippen molar-refractivity contribution in [3.8, 4) is 5.82 Å². The van der Waals surface area contributed by atoms with Crippen LogP contribution in [0.5, 0.6) is 0 Å². The highest BCUT2D eigenvalue weighted by atomic mass is 32.2. The Hall–Kier alpha value is -4.45. The molecule has 0 saturated carbocycles. The first kappa shape index (κ1) is 20.5. The van der Waals surface area contributed by atoms with E-state index in [2.05, 4.69) is 30.0 Å². The average Bonchev–Trinajstić information content (AvgIpc) is 3.39. The quantitative estimate of drug-likeness (QED) is 0.348. The van der Waals surface area contributed by atoms with Crippen LogP contribution in [0.4, 0.5) is 17.2 Å². The predicted octanol–water partition coefficient (Wildman–Crippen LogP) is 2.95. The van der Waals surface area contributed by atoms with Crippen LogP contribution in [0, 0.1) is 6.92 Å². The molecule has 0 aliphatic rings. The van der Waals surface area contributed by atoms with Gasteiger partial charge in [-0.15, -0.1) is 0 Å². The fourth-order valence-corrected chi connectivity index (χ4v) is 4.33. The molecule has 0 radical (unpaired) electrons. The van der Waals surface area contributed by atoms with Crippen LogP contribution in [0.15, 0.2) is 81.4 Å². The van der Waals surface area contributed by atoms with Gasteiger partial charge in [-0.1, -0.05) is 0 Å². The highest BCUT2D eigenvalue weighted by molar-refractivity contribution is 7.92. The number of benzene rings is 2. The lowest BCUT2D eigenvalue weighted by Crippen LogP contribution is -2.12. The third kappa shape index (κ3) is 4.19. The van der Waals surface area contributed by atoms with Crippen molar-refractivity contribution in [3.05, 3.63) is 83.6 Å². The maximum atomic E-state index is 12.7. The number of fused-ring (bicyclic) bond motifs is 1. The fraction of sp³-hybridized carbons (Fsp3) is 0.0476.